The highest BCUT2D eigenvalue weighted by Crippen LogP contribution is 2.35. The Balaban J connectivity index is 1.30. The highest BCUT2D eigenvalue weighted by atomic mass is 16.3. The van der Waals surface area contributed by atoms with Crippen LogP contribution >= 0.6 is 0 Å². The third-order valence-corrected chi connectivity index (χ3v) is 6.60. The molecule has 3 fully saturated rings. The Morgan fingerprint density at radius 2 is 1.76 bits per heavy atom. The summed E-state index contributed by atoms with van der Waals surface area (Å²) < 4.78 is 0. The number of carbonyl (C=O) groups is 1. The molecule has 5 rings (SSSR count). The van der Waals surface area contributed by atoms with Crippen molar-refractivity contribution in [2.75, 3.05) is 19.6 Å². The van der Waals surface area contributed by atoms with Crippen molar-refractivity contribution in [2.45, 2.75) is 37.1 Å². The number of hydrogen-bond donors (Lipinski definition) is 4. The van der Waals surface area contributed by atoms with Crippen LogP contribution in [0.4, 0.5) is 0 Å². The highest BCUT2D eigenvalue weighted by molar-refractivity contribution is 5.82. The molecule has 3 aliphatic heterocycles. The Bertz CT molecular complexity index is 857. The van der Waals surface area contributed by atoms with Gasteiger partial charge in [-0.15, -0.1) is 0 Å². The minimum absolute atomic E-state index is 0.130. The van der Waals surface area contributed by atoms with Gasteiger partial charge in [0.1, 0.15) is 0 Å². The Morgan fingerprint density at radius 3 is 2.48 bits per heavy atom. The third kappa shape index (κ3) is 3.69. The first-order chi connectivity index (χ1) is 14.2. The van der Waals surface area contributed by atoms with Crippen LogP contribution in [0.3, 0.4) is 0 Å². The Morgan fingerprint density at radius 1 is 1.00 bits per heavy atom. The monoisotopic (exact) mass is 392 g/mol. The lowest BCUT2D eigenvalue weighted by Gasteiger charge is -2.37. The SMILES string of the molecule is O=C([C@@H]1C[C@@H](O)CN1)N1CCC2NNC(c3ccc(-c4ccccc4)cc3)C2C1. The molecule has 29 heavy (non-hydrogen) atoms. The third-order valence-electron chi connectivity index (χ3n) is 6.60. The molecule has 3 heterocycles. The summed E-state index contributed by atoms with van der Waals surface area (Å²) in [6.45, 7) is 2.02. The Kier molecular flexibility index (Phi) is 5.09. The molecule has 5 atom stereocenters. The number of fused-ring (bicyclic) bond motifs is 1. The van der Waals surface area contributed by atoms with Gasteiger partial charge in [0, 0.05) is 31.6 Å². The molecular formula is C23H28N4O2. The van der Waals surface area contributed by atoms with Gasteiger partial charge in [0.2, 0.25) is 5.91 Å². The van der Waals surface area contributed by atoms with Gasteiger partial charge in [0.15, 0.2) is 0 Å². The fourth-order valence-electron chi connectivity index (χ4n) is 4.97. The van der Waals surface area contributed by atoms with E-state index in [1.54, 1.807) is 0 Å². The van der Waals surface area contributed by atoms with Gasteiger partial charge in [-0.1, -0.05) is 54.6 Å². The van der Waals surface area contributed by atoms with E-state index < -0.39 is 6.10 Å². The van der Waals surface area contributed by atoms with E-state index in [1.807, 2.05) is 11.0 Å². The van der Waals surface area contributed by atoms with Crippen LogP contribution in [0.1, 0.15) is 24.4 Å². The summed E-state index contributed by atoms with van der Waals surface area (Å²) in [5, 5.41) is 12.9. The number of carbonyl (C=O) groups excluding carboxylic acids is 1. The van der Waals surface area contributed by atoms with Crippen molar-refractivity contribution in [1.29, 1.82) is 0 Å². The molecule has 152 valence electrons. The van der Waals surface area contributed by atoms with Crippen LogP contribution in [0.25, 0.3) is 11.1 Å². The number of nitrogens with zero attached hydrogens (tertiary/aromatic N) is 1. The second-order valence-corrected chi connectivity index (χ2v) is 8.45. The number of β-amino-alcohol motifs (C(OH)–C–C–N with tert-alkyl or cyclic N) is 1. The van der Waals surface area contributed by atoms with Gasteiger partial charge in [-0.3, -0.25) is 10.2 Å². The van der Waals surface area contributed by atoms with Crippen LogP contribution in [0.15, 0.2) is 54.6 Å². The van der Waals surface area contributed by atoms with E-state index in [4.69, 9.17) is 0 Å². The van der Waals surface area contributed by atoms with Gasteiger partial charge in [0.05, 0.1) is 18.2 Å². The van der Waals surface area contributed by atoms with Crippen LogP contribution in [0.5, 0.6) is 0 Å². The zero-order chi connectivity index (χ0) is 19.8. The van der Waals surface area contributed by atoms with Gasteiger partial charge in [-0.25, -0.2) is 5.43 Å². The molecule has 0 aliphatic carbocycles. The molecule has 2 aromatic carbocycles. The van der Waals surface area contributed by atoms with Crippen LogP contribution in [0, 0.1) is 5.92 Å². The molecule has 0 spiro atoms. The van der Waals surface area contributed by atoms with Crippen molar-refractivity contribution in [3.05, 3.63) is 60.2 Å². The van der Waals surface area contributed by atoms with E-state index in [9.17, 15) is 9.90 Å². The van der Waals surface area contributed by atoms with Crippen LogP contribution in [0.2, 0.25) is 0 Å². The summed E-state index contributed by atoms with van der Waals surface area (Å²) in [4.78, 5) is 14.9. The number of amides is 1. The molecule has 3 aliphatic rings. The van der Waals surface area contributed by atoms with Crippen molar-refractivity contribution in [1.82, 2.24) is 21.1 Å². The van der Waals surface area contributed by atoms with E-state index in [-0.39, 0.29) is 18.0 Å². The minimum Gasteiger partial charge on any atom is -0.392 e. The molecule has 0 aromatic heterocycles. The predicted molar refractivity (Wildman–Crippen MR) is 112 cm³/mol. The van der Waals surface area contributed by atoms with E-state index >= 15 is 0 Å². The topological polar surface area (TPSA) is 76.6 Å². The predicted octanol–water partition coefficient (Wildman–Crippen LogP) is 1.44. The smallest absolute Gasteiger partial charge is 0.239 e. The van der Waals surface area contributed by atoms with Crippen molar-refractivity contribution in [2.24, 2.45) is 5.92 Å². The van der Waals surface area contributed by atoms with Gasteiger partial charge < -0.3 is 15.3 Å². The number of aliphatic hydroxyl groups is 1. The summed E-state index contributed by atoms with van der Waals surface area (Å²) in [6, 6.07) is 19.5. The van der Waals surface area contributed by atoms with Gasteiger partial charge in [-0.2, -0.15) is 0 Å². The summed E-state index contributed by atoms with van der Waals surface area (Å²) >= 11 is 0. The van der Waals surface area contributed by atoms with E-state index in [0.29, 0.717) is 24.9 Å². The first-order valence-electron chi connectivity index (χ1n) is 10.6. The molecule has 2 aromatic rings. The fourth-order valence-corrected chi connectivity index (χ4v) is 4.97. The van der Waals surface area contributed by atoms with Crippen LogP contribution < -0.4 is 16.2 Å². The molecule has 6 heteroatoms. The summed E-state index contributed by atoms with van der Waals surface area (Å²) in [5.41, 5.74) is 10.6. The number of likely N-dealkylation sites (tertiary alicyclic amines) is 1. The lowest BCUT2D eigenvalue weighted by atomic mass is 9.84. The molecule has 0 radical (unpaired) electrons. The average Bonchev–Trinajstić information content (AvgIpc) is 3.40. The highest BCUT2D eigenvalue weighted by Gasteiger charge is 2.43. The van der Waals surface area contributed by atoms with Gasteiger partial charge in [-0.05, 0) is 29.5 Å². The zero-order valence-electron chi connectivity index (χ0n) is 16.4. The number of hydrazine groups is 1. The van der Waals surface area contributed by atoms with Crippen molar-refractivity contribution >= 4 is 5.91 Å². The van der Waals surface area contributed by atoms with Crippen LogP contribution in [-0.2, 0) is 4.79 Å². The van der Waals surface area contributed by atoms with Crippen molar-refractivity contribution in [3.8, 4) is 11.1 Å². The normalized spacial score (nSPS) is 31.6. The van der Waals surface area contributed by atoms with Gasteiger partial charge in [0.25, 0.3) is 0 Å². The largest absolute Gasteiger partial charge is 0.392 e. The zero-order valence-corrected chi connectivity index (χ0v) is 16.4. The quantitative estimate of drug-likeness (QED) is 0.636. The van der Waals surface area contributed by atoms with Crippen molar-refractivity contribution in [3.63, 3.8) is 0 Å². The molecule has 6 nitrogen and oxygen atoms in total. The van der Waals surface area contributed by atoms with Crippen LogP contribution in [-0.4, -0.2) is 53.7 Å². The molecule has 4 N–H and O–H groups in total. The number of aliphatic hydroxyl groups excluding tert-OH is 1. The summed E-state index contributed by atoms with van der Waals surface area (Å²) in [6.07, 6.45) is 1.05. The van der Waals surface area contributed by atoms with E-state index in [0.717, 1.165) is 19.5 Å². The Hall–Kier alpha value is -2.25. The maximum Gasteiger partial charge on any atom is 0.239 e. The number of hydrogen-bond acceptors (Lipinski definition) is 5. The lowest BCUT2D eigenvalue weighted by molar-refractivity contribution is -0.135. The van der Waals surface area contributed by atoms with Gasteiger partial charge >= 0.3 is 0 Å². The number of nitrogens with one attached hydrogen (secondary N) is 3. The van der Waals surface area contributed by atoms with Crippen molar-refractivity contribution < 1.29 is 9.90 Å². The molecule has 3 saturated heterocycles. The second kappa shape index (κ2) is 7.88. The maximum atomic E-state index is 12.9. The van der Waals surface area contributed by atoms with E-state index in [1.165, 1.54) is 16.7 Å². The first kappa shape index (κ1) is 18.8. The molecule has 0 saturated carbocycles. The number of benzene rings is 2. The molecule has 1 amide bonds. The number of rotatable bonds is 3. The van der Waals surface area contributed by atoms with E-state index in [2.05, 4.69) is 64.7 Å². The first-order valence-corrected chi connectivity index (χ1v) is 10.6. The summed E-state index contributed by atoms with van der Waals surface area (Å²) in [7, 11) is 0. The standard InChI is InChI=1S/C23H28N4O2/c28-18-12-21(24-13-18)23(29)27-11-10-20-19(14-27)22(26-25-20)17-8-6-16(7-9-17)15-4-2-1-3-5-15/h1-9,18-22,24-26,28H,10-14H2/t18-,19?,20?,21+,22?/m1/s1. The average molecular weight is 393 g/mol. The summed E-state index contributed by atoms with van der Waals surface area (Å²) in [5.74, 6) is 0.465. The lowest BCUT2D eigenvalue weighted by Crippen LogP contribution is -2.52. The fraction of sp³-hybridized carbons (Fsp3) is 0.435. The maximum absolute atomic E-state index is 12.9. The number of piperidine rings is 1. The second-order valence-electron chi connectivity index (χ2n) is 8.45. The molecular weight excluding hydrogens is 364 g/mol. The minimum atomic E-state index is -0.410. The molecule has 0 bridgehead atoms. The molecule has 3 unspecified atom stereocenters. The Labute approximate surface area is 171 Å².